The lowest BCUT2D eigenvalue weighted by atomic mass is 9.75. The van der Waals surface area contributed by atoms with Crippen LogP contribution in [0.25, 0.3) is 0 Å². The summed E-state index contributed by atoms with van der Waals surface area (Å²) < 4.78 is 5.98. The number of hydrazine groups is 1. The molecule has 0 aromatic heterocycles. The average Bonchev–Trinajstić information content (AvgIpc) is 3.22. The zero-order valence-corrected chi connectivity index (χ0v) is 27.0. The van der Waals surface area contributed by atoms with E-state index in [-0.39, 0.29) is 35.7 Å². The van der Waals surface area contributed by atoms with E-state index in [1.807, 2.05) is 41.3 Å². The zero-order valence-electron chi connectivity index (χ0n) is 27.0. The van der Waals surface area contributed by atoms with Crippen molar-refractivity contribution in [3.8, 4) is 5.75 Å². The van der Waals surface area contributed by atoms with Crippen molar-refractivity contribution in [1.82, 2.24) is 15.8 Å². The molecule has 3 unspecified atom stereocenters. The van der Waals surface area contributed by atoms with E-state index >= 15 is 0 Å². The molecule has 1 aliphatic carbocycles. The van der Waals surface area contributed by atoms with E-state index in [4.69, 9.17) is 21.3 Å². The lowest BCUT2D eigenvalue weighted by Crippen LogP contribution is -2.52. The van der Waals surface area contributed by atoms with Crippen molar-refractivity contribution in [3.63, 3.8) is 0 Å². The highest BCUT2D eigenvalue weighted by molar-refractivity contribution is 6.46. The number of hydrogen-bond donors (Lipinski definition) is 4. The van der Waals surface area contributed by atoms with Crippen molar-refractivity contribution >= 4 is 23.4 Å². The van der Waals surface area contributed by atoms with Crippen molar-refractivity contribution in [3.05, 3.63) is 65.2 Å². The van der Waals surface area contributed by atoms with Crippen LogP contribution in [0, 0.1) is 17.3 Å². The number of aliphatic imine (C=N–C) groups is 1. The molecule has 2 aliphatic rings. The summed E-state index contributed by atoms with van der Waals surface area (Å²) in [6, 6.07) is 15.0. The quantitative estimate of drug-likeness (QED) is 0.124. The summed E-state index contributed by atoms with van der Waals surface area (Å²) in [5.74, 6) is 6.63. The van der Waals surface area contributed by atoms with Gasteiger partial charge >= 0.3 is 0 Å². The van der Waals surface area contributed by atoms with Gasteiger partial charge in [0, 0.05) is 11.1 Å². The van der Waals surface area contributed by atoms with Gasteiger partial charge in [0.25, 0.3) is 11.8 Å². The van der Waals surface area contributed by atoms with Gasteiger partial charge < -0.3 is 20.7 Å². The number of nitrogens with two attached hydrogens (primary N) is 2. The first-order chi connectivity index (χ1) is 20.9. The summed E-state index contributed by atoms with van der Waals surface area (Å²) in [4.78, 5) is 34.4. The van der Waals surface area contributed by atoms with Crippen LogP contribution >= 0.6 is 0 Å². The fourth-order valence-electron chi connectivity index (χ4n) is 6.58. The molecule has 1 aliphatic heterocycles. The SMILES string of the molecule is CCC(c1ccc(C(=O)NCC(N)=NNN)cc1)N1C(=O)C(c2ccc(OCCC(C)(C)C)cc2)=NC12CC(C)CC(C)C2. The van der Waals surface area contributed by atoms with E-state index in [9.17, 15) is 9.59 Å². The van der Waals surface area contributed by atoms with Gasteiger partial charge in [0.2, 0.25) is 0 Å². The smallest absolute Gasteiger partial charge is 0.275 e. The van der Waals surface area contributed by atoms with Crippen LogP contribution in [0.15, 0.2) is 58.6 Å². The van der Waals surface area contributed by atoms with Crippen LogP contribution in [-0.2, 0) is 4.79 Å². The molecule has 2 amide bonds. The number of amides is 2. The molecule has 10 heteroatoms. The summed E-state index contributed by atoms with van der Waals surface area (Å²) in [7, 11) is 0. The standard InChI is InChI=1S/C34H49N7O3/c1-7-28(24-8-10-26(11-9-24)31(42)37-21-29(35)39-40-36)41-32(43)30(38-34(41)19-22(2)18-23(3)20-34)25-12-14-27(15-13-25)44-17-16-33(4,5)6/h8-15,22-23,28,40H,7,16-21,36H2,1-6H3,(H2,35,39)(H,37,42). The Labute approximate surface area is 261 Å². The molecule has 1 spiro atoms. The lowest BCUT2D eigenvalue weighted by Gasteiger charge is -2.47. The number of carbonyl (C=O) groups excluding carboxylic acids is 2. The first-order valence-corrected chi connectivity index (χ1v) is 15.7. The number of ether oxygens (including phenoxy) is 1. The first kappa shape index (κ1) is 33.0. The fourth-order valence-corrected chi connectivity index (χ4v) is 6.58. The monoisotopic (exact) mass is 603 g/mol. The van der Waals surface area contributed by atoms with E-state index in [0.717, 1.165) is 42.6 Å². The number of carbonyl (C=O) groups is 2. The van der Waals surface area contributed by atoms with E-state index in [1.54, 1.807) is 12.1 Å². The summed E-state index contributed by atoms with van der Waals surface area (Å²) in [5.41, 5.74) is 10.2. The van der Waals surface area contributed by atoms with Crippen molar-refractivity contribution in [2.24, 2.45) is 38.9 Å². The zero-order chi connectivity index (χ0) is 32.1. The highest BCUT2D eigenvalue weighted by atomic mass is 16.5. The van der Waals surface area contributed by atoms with E-state index in [2.05, 4.69) is 57.5 Å². The maximum atomic E-state index is 14.4. The number of nitrogens with one attached hydrogen (secondary N) is 2. The molecule has 0 bridgehead atoms. The summed E-state index contributed by atoms with van der Waals surface area (Å²) in [6.45, 7) is 13.9. The van der Waals surface area contributed by atoms with Gasteiger partial charge in [-0.05, 0) is 91.3 Å². The largest absolute Gasteiger partial charge is 0.494 e. The summed E-state index contributed by atoms with van der Waals surface area (Å²) in [5, 5.41) is 6.37. The molecule has 1 heterocycles. The topological polar surface area (TPSA) is 147 Å². The molecule has 2 aromatic rings. The third-order valence-corrected chi connectivity index (χ3v) is 8.49. The molecule has 0 radical (unpaired) electrons. The predicted molar refractivity (Wildman–Crippen MR) is 175 cm³/mol. The second-order valence-corrected chi connectivity index (χ2v) is 13.6. The number of hydrazone groups is 1. The number of benzene rings is 2. The normalized spacial score (nSPS) is 23.0. The van der Waals surface area contributed by atoms with Crippen molar-refractivity contribution in [1.29, 1.82) is 0 Å². The van der Waals surface area contributed by atoms with Crippen molar-refractivity contribution in [2.45, 2.75) is 85.4 Å². The van der Waals surface area contributed by atoms with Gasteiger partial charge in [-0.3, -0.25) is 14.6 Å². The van der Waals surface area contributed by atoms with Gasteiger partial charge in [-0.15, -0.1) is 0 Å². The number of hydrogen-bond acceptors (Lipinski definition) is 7. The van der Waals surface area contributed by atoms with Crippen LogP contribution in [0.3, 0.4) is 0 Å². The molecular weight excluding hydrogens is 554 g/mol. The number of rotatable bonds is 11. The van der Waals surface area contributed by atoms with Crippen LogP contribution < -0.4 is 27.2 Å². The molecule has 0 saturated heterocycles. The minimum absolute atomic E-state index is 0.0513. The number of amidine groups is 1. The van der Waals surface area contributed by atoms with Gasteiger partial charge in [0.1, 0.15) is 23.0 Å². The third-order valence-electron chi connectivity index (χ3n) is 8.49. The second kappa shape index (κ2) is 13.8. The lowest BCUT2D eigenvalue weighted by molar-refractivity contribution is -0.134. The highest BCUT2D eigenvalue weighted by Gasteiger charge is 2.52. The molecule has 6 N–H and O–H groups in total. The summed E-state index contributed by atoms with van der Waals surface area (Å²) >= 11 is 0. The molecule has 1 saturated carbocycles. The minimum Gasteiger partial charge on any atom is -0.494 e. The minimum atomic E-state index is -0.615. The van der Waals surface area contributed by atoms with E-state index in [1.165, 1.54) is 0 Å². The second-order valence-electron chi connectivity index (χ2n) is 13.6. The van der Waals surface area contributed by atoms with Gasteiger partial charge in [-0.25, -0.2) is 11.4 Å². The third kappa shape index (κ3) is 7.77. The molecule has 4 rings (SSSR count). The van der Waals surface area contributed by atoms with Crippen molar-refractivity contribution in [2.75, 3.05) is 13.2 Å². The maximum Gasteiger partial charge on any atom is 0.275 e. The van der Waals surface area contributed by atoms with Gasteiger partial charge in [0.15, 0.2) is 0 Å². The average molecular weight is 604 g/mol. The highest BCUT2D eigenvalue weighted by Crippen LogP contribution is 2.48. The Balaban J connectivity index is 1.59. The molecule has 1 fully saturated rings. The Morgan fingerprint density at radius 1 is 1.11 bits per heavy atom. The Hall–Kier alpha value is -3.92. The van der Waals surface area contributed by atoms with Gasteiger partial charge in [-0.2, -0.15) is 5.10 Å². The van der Waals surface area contributed by atoms with Crippen molar-refractivity contribution < 1.29 is 14.3 Å². The molecule has 44 heavy (non-hydrogen) atoms. The van der Waals surface area contributed by atoms with Crippen LogP contribution in [0.4, 0.5) is 0 Å². The Bertz CT molecular complexity index is 1350. The van der Waals surface area contributed by atoms with Crippen LogP contribution in [0.5, 0.6) is 5.75 Å². The van der Waals surface area contributed by atoms with E-state index in [0.29, 0.717) is 36.1 Å². The fraction of sp³-hybridized carbons (Fsp3) is 0.529. The molecule has 238 valence electrons. The van der Waals surface area contributed by atoms with Gasteiger partial charge in [-0.1, -0.05) is 53.7 Å². The molecule has 10 nitrogen and oxygen atoms in total. The van der Waals surface area contributed by atoms with E-state index < -0.39 is 5.66 Å². The predicted octanol–water partition coefficient (Wildman–Crippen LogP) is 4.90. The number of nitrogens with zero attached hydrogens (tertiary/aromatic N) is 3. The molecule has 3 atom stereocenters. The Morgan fingerprint density at radius 2 is 1.75 bits per heavy atom. The summed E-state index contributed by atoms with van der Waals surface area (Å²) in [6.07, 6.45) is 4.42. The Morgan fingerprint density at radius 3 is 2.32 bits per heavy atom. The molecular formula is C34H49N7O3. The van der Waals surface area contributed by atoms with Crippen LogP contribution in [-0.4, -0.2) is 47.1 Å². The van der Waals surface area contributed by atoms with Gasteiger partial charge in [0.05, 0.1) is 19.2 Å². The van der Waals surface area contributed by atoms with Crippen LogP contribution in [0.2, 0.25) is 0 Å². The first-order valence-electron chi connectivity index (χ1n) is 15.7. The Kier molecular flexibility index (Phi) is 10.3. The molecule has 2 aromatic carbocycles. The maximum absolute atomic E-state index is 14.4. The van der Waals surface area contributed by atoms with Crippen LogP contribution in [0.1, 0.15) is 101 Å².